The van der Waals surface area contributed by atoms with Crippen molar-refractivity contribution in [3.05, 3.63) is 29.8 Å². The molecule has 1 saturated carbocycles. The SMILES string of the molecule is CCOC1(OCC)[NH+]=C(N)[C@@]2(C#N)[C@@H](c3cccc(OC)c3)[C@@]12C#N. The number of nitriles is 2. The normalized spacial score (nSPS) is 31.4. The summed E-state index contributed by atoms with van der Waals surface area (Å²) in [5.74, 6) is -1.09. The number of hydrogen-bond donors (Lipinski definition) is 2. The van der Waals surface area contributed by atoms with Crippen LogP contribution >= 0.6 is 0 Å². The van der Waals surface area contributed by atoms with Crippen LogP contribution in [0, 0.1) is 33.5 Å². The highest BCUT2D eigenvalue weighted by Gasteiger charge is 2.97. The number of benzene rings is 1. The van der Waals surface area contributed by atoms with Gasteiger partial charge in [-0.3, -0.25) is 5.73 Å². The smallest absolute Gasteiger partial charge is 0.343 e. The minimum atomic E-state index is -1.46. The Labute approximate surface area is 146 Å². The van der Waals surface area contributed by atoms with Gasteiger partial charge in [0.1, 0.15) is 5.75 Å². The number of hydrogen-bond acceptors (Lipinski definition) is 6. The number of ether oxygens (including phenoxy) is 3. The molecule has 0 spiro atoms. The fourth-order valence-electron chi connectivity index (χ4n) is 4.18. The quantitative estimate of drug-likeness (QED) is 0.703. The lowest BCUT2D eigenvalue weighted by Crippen LogP contribution is -2.91. The third-order valence-corrected chi connectivity index (χ3v) is 5.12. The summed E-state index contributed by atoms with van der Waals surface area (Å²) in [6.07, 6.45) is 0. The van der Waals surface area contributed by atoms with Gasteiger partial charge in [-0.2, -0.15) is 10.5 Å². The summed E-state index contributed by atoms with van der Waals surface area (Å²) in [6.45, 7) is 4.21. The number of fused-ring (bicyclic) bond motifs is 1. The van der Waals surface area contributed by atoms with Crippen LogP contribution in [0.1, 0.15) is 25.3 Å². The third kappa shape index (κ3) is 1.82. The second kappa shape index (κ2) is 5.73. The Balaban J connectivity index is 2.21. The lowest BCUT2D eigenvalue weighted by Gasteiger charge is -2.29. The van der Waals surface area contributed by atoms with Crippen LogP contribution in [0.4, 0.5) is 0 Å². The maximum atomic E-state index is 10.1. The summed E-state index contributed by atoms with van der Waals surface area (Å²) in [5.41, 5.74) is 4.48. The lowest BCUT2D eigenvalue weighted by atomic mass is 9.93. The molecule has 130 valence electrons. The van der Waals surface area contributed by atoms with E-state index in [0.717, 1.165) is 5.56 Å². The second-order valence-corrected chi connectivity index (χ2v) is 6.07. The van der Waals surface area contributed by atoms with E-state index in [1.165, 1.54) is 0 Å². The summed E-state index contributed by atoms with van der Waals surface area (Å²) in [6, 6.07) is 11.9. The third-order valence-electron chi connectivity index (χ3n) is 5.12. The monoisotopic (exact) mass is 341 g/mol. The van der Waals surface area contributed by atoms with Crippen molar-refractivity contribution in [3.63, 3.8) is 0 Å². The van der Waals surface area contributed by atoms with Gasteiger partial charge in [0.05, 0.1) is 32.5 Å². The molecule has 1 aliphatic heterocycles. The van der Waals surface area contributed by atoms with Crippen molar-refractivity contribution in [2.75, 3.05) is 20.3 Å². The van der Waals surface area contributed by atoms with Gasteiger partial charge >= 0.3 is 5.91 Å². The number of nitrogens with one attached hydrogen (secondary N) is 1. The first-order valence-corrected chi connectivity index (χ1v) is 8.19. The minimum Gasteiger partial charge on any atom is -0.497 e. The predicted molar refractivity (Wildman–Crippen MR) is 88.0 cm³/mol. The standard InChI is InChI=1S/C18H20N4O3/c1-4-24-18(25-5-2)17(11-20)14(16(17,10-19)15(21)22-18)12-7-6-8-13(9-12)23-3/h6-9,14H,4-5H2,1-3H3,(H2,21,22)/p+1/t14-,16-,17-/m1/s1. The van der Waals surface area contributed by atoms with Crippen molar-refractivity contribution in [3.8, 4) is 17.9 Å². The van der Waals surface area contributed by atoms with Crippen molar-refractivity contribution < 1.29 is 19.2 Å². The first-order chi connectivity index (χ1) is 12.0. The largest absolute Gasteiger partial charge is 0.497 e. The summed E-state index contributed by atoms with van der Waals surface area (Å²) in [4.78, 5) is 2.95. The number of nitrogens with two attached hydrogens (primary N) is 1. The highest BCUT2D eigenvalue weighted by Crippen LogP contribution is 2.78. The first kappa shape index (κ1) is 17.2. The summed E-state index contributed by atoms with van der Waals surface area (Å²) in [7, 11) is 1.57. The van der Waals surface area contributed by atoms with Gasteiger partial charge in [0.15, 0.2) is 10.8 Å². The van der Waals surface area contributed by atoms with Gasteiger partial charge in [-0.05, 0) is 31.5 Å². The zero-order chi connectivity index (χ0) is 18.3. The molecule has 1 fully saturated rings. The molecule has 0 bridgehead atoms. The van der Waals surface area contributed by atoms with Gasteiger partial charge in [0, 0.05) is 5.92 Å². The van der Waals surface area contributed by atoms with Crippen molar-refractivity contribution in [2.45, 2.75) is 25.7 Å². The van der Waals surface area contributed by atoms with Gasteiger partial charge in [-0.1, -0.05) is 12.1 Å². The molecular weight excluding hydrogens is 320 g/mol. The Morgan fingerprint density at radius 1 is 1.20 bits per heavy atom. The Hall–Kier alpha value is -2.61. The van der Waals surface area contributed by atoms with Crippen LogP contribution in [0.2, 0.25) is 0 Å². The Bertz CT molecular complexity index is 803. The molecule has 1 heterocycles. The van der Waals surface area contributed by atoms with Crippen molar-refractivity contribution in [2.24, 2.45) is 16.6 Å². The van der Waals surface area contributed by atoms with Gasteiger partial charge in [-0.25, -0.2) is 4.99 Å². The van der Waals surface area contributed by atoms with Crippen molar-refractivity contribution >= 4 is 5.84 Å². The molecule has 0 radical (unpaired) electrons. The van der Waals surface area contributed by atoms with E-state index in [0.29, 0.717) is 19.0 Å². The maximum absolute atomic E-state index is 10.1. The van der Waals surface area contributed by atoms with Crippen molar-refractivity contribution in [1.82, 2.24) is 0 Å². The number of amidine groups is 1. The minimum absolute atomic E-state index is 0.200. The Morgan fingerprint density at radius 2 is 1.88 bits per heavy atom. The van der Waals surface area contributed by atoms with E-state index < -0.39 is 22.7 Å². The fourth-order valence-corrected chi connectivity index (χ4v) is 4.18. The molecule has 0 amide bonds. The highest BCUT2D eigenvalue weighted by molar-refractivity contribution is 5.95. The van der Waals surface area contributed by atoms with Crippen LogP contribution in [0.15, 0.2) is 24.3 Å². The number of methoxy groups -OCH3 is 1. The molecular formula is C18H21N4O3+. The van der Waals surface area contributed by atoms with Gasteiger partial charge in [0.25, 0.3) is 5.84 Å². The molecule has 1 aliphatic carbocycles. The van der Waals surface area contributed by atoms with Crippen LogP contribution in [0.3, 0.4) is 0 Å². The van der Waals surface area contributed by atoms with E-state index in [9.17, 15) is 10.5 Å². The second-order valence-electron chi connectivity index (χ2n) is 6.07. The Morgan fingerprint density at radius 3 is 2.40 bits per heavy atom. The molecule has 1 aromatic rings. The molecule has 3 rings (SSSR count). The molecule has 25 heavy (non-hydrogen) atoms. The van der Waals surface area contributed by atoms with E-state index >= 15 is 0 Å². The first-order valence-electron chi connectivity index (χ1n) is 8.19. The predicted octanol–water partition coefficient (Wildman–Crippen LogP) is -0.00944. The van der Waals surface area contributed by atoms with E-state index in [1.54, 1.807) is 21.0 Å². The average molecular weight is 341 g/mol. The summed E-state index contributed by atoms with van der Waals surface area (Å²) in [5, 5.41) is 20.1. The molecule has 3 atom stereocenters. The highest BCUT2D eigenvalue weighted by atomic mass is 16.7. The van der Waals surface area contributed by atoms with Crippen LogP contribution in [0.25, 0.3) is 0 Å². The van der Waals surface area contributed by atoms with Gasteiger partial charge in [0.2, 0.25) is 0 Å². The zero-order valence-electron chi connectivity index (χ0n) is 14.5. The van der Waals surface area contributed by atoms with Crippen LogP contribution < -0.4 is 15.5 Å². The number of rotatable bonds is 6. The van der Waals surface area contributed by atoms with Crippen LogP contribution in [0.5, 0.6) is 5.75 Å². The van der Waals surface area contributed by atoms with Crippen LogP contribution in [-0.2, 0) is 9.47 Å². The zero-order valence-corrected chi connectivity index (χ0v) is 14.5. The molecule has 7 heteroatoms. The molecule has 0 saturated heterocycles. The molecule has 3 N–H and O–H groups in total. The summed E-state index contributed by atoms with van der Waals surface area (Å²) >= 11 is 0. The molecule has 2 aliphatic rings. The summed E-state index contributed by atoms with van der Waals surface area (Å²) < 4.78 is 17.0. The number of nitrogens with zero attached hydrogens (tertiary/aromatic N) is 2. The molecule has 1 aromatic carbocycles. The van der Waals surface area contributed by atoms with Crippen LogP contribution in [-0.4, -0.2) is 32.1 Å². The van der Waals surface area contributed by atoms with Gasteiger partial charge < -0.3 is 14.2 Å². The average Bonchev–Trinajstić information content (AvgIpc) is 3.21. The van der Waals surface area contributed by atoms with Crippen molar-refractivity contribution in [1.29, 1.82) is 10.5 Å². The molecule has 0 aromatic heterocycles. The topological polar surface area (TPSA) is 115 Å². The molecule has 7 nitrogen and oxygen atoms in total. The molecule has 0 unspecified atom stereocenters. The maximum Gasteiger partial charge on any atom is 0.343 e. The van der Waals surface area contributed by atoms with Gasteiger partial charge in [-0.15, -0.1) is 0 Å². The fraction of sp³-hybridized carbons (Fsp3) is 0.500. The van der Waals surface area contributed by atoms with E-state index in [2.05, 4.69) is 17.1 Å². The van der Waals surface area contributed by atoms with E-state index in [-0.39, 0.29) is 5.84 Å². The Kier molecular flexibility index (Phi) is 3.95. The lowest BCUT2D eigenvalue weighted by molar-refractivity contribution is -0.693. The van der Waals surface area contributed by atoms with E-state index in [4.69, 9.17) is 19.9 Å². The van der Waals surface area contributed by atoms with E-state index in [1.807, 2.05) is 24.3 Å².